The predicted molar refractivity (Wildman–Crippen MR) is 80.4 cm³/mol. The molecule has 2 aliphatic rings. The van der Waals surface area contributed by atoms with Gasteiger partial charge in [-0.15, -0.1) is 0 Å². The highest BCUT2D eigenvalue weighted by Gasteiger charge is 2.43. The number of amides is 1. The van der Waals surface area contributed by atoms with Crippen LogP contribution in [-0.2, 0) is 0 Å². The van der Waals surface area contributed by atoms with E-state index >= 15 is 0 Å². The summed E-state index contributed by atoms with van der Waals surface area (Å²) in [6, 6.07) is 10.7. The van der Waals surface area contributed by atoms with Crippen molar-refractivity contribution >= 4 is 17.0 Å². The Morgan fingerprint density at radius 3 is 2.57 bits per heavy atom. The molecule has 1 aromatic carbocycles. The molecule has 0 spiro atoms. The van der Waals surface area contributed by atoms with Crippen LogP contribution >= 0.6 is 0 Å². The van der Waals surface area contributed by atoms with E-state index in [0.29, 0.717) is 5.92 Å². The van der Waals surface area contributed by atoms with E-state index in [1.165, 1.54) is 10.9 Å². The van der Waals surface area contributed by atoms with Crippen molar-refractivity contribution in [3.63, 3.8) is 0 Å². The molecular formula is C17H18N2O2. The first-order valence-electron chi connectivity index (χ1n) is 7.59. The zero-order chi connectivity index (χ0) is 14.4. The van der Waals surface area contributed by atoms with Crippen molar-refractivity contribution in [2.45, 2.75) is 43.7 Å². The van der Waals surface area contributed by atoms with Gasteiger partial charge in [0.05, 0.1) is 5.52 Å². The third-order valence-electron chi connectivity index (χ3n) is 5.08. The second-order valence-corrected chi connectivity index (χ2v) is 6.16. The molecule has 2 unspecified atom stereocenters. The fraction of sp³-hybridized carbons (Fsp3) is 0.412. The number of hydrogen-bond donors (Lipinski definition) is 1. The summed E-state index contributed by atoms with van der Waals surface area (Å²) in [5, 5.41) is 10.6. The quantitative estimate of drug-likeness (QED) is 0.869. The Morgan fingerprint density at radius 1 is 1.14 bits per heavy atom. The monoisotopic (exact) mass is 282 g/mol. The fourth-order valence-corrected chi connectivity index (χ4v) is 4.22. The molecule has 2 bridgehead atoms. The summed E-state index contributed by atoms with van der Waals surface area (Å²) in [4.78, 5) is 17.5. The predicted octanol–water partition coefficient (Wildman–Crippen LogP) is 3.62. The van der Waals surface area contributed by atoms with Crippen molar-refractivity contribution < 1.29 is 9.90 Å². The summed E-state index contributed by atoms with van der Waals surface area (Å²) < 4.78 is 0. The molecule has 1 aromatic heterocycles. The number of pyridine rings is 1. The molecule has 2 fully saturated rings. The van der Waals surface area contributed by atoms with Crippen molar-refractivity contribution in [3.05, 3.63) is 42.1 Å². The molecule has 3 heterocycles. The Hall–Kier alpha value is -2.10. The first-order chi connectivity index (χ1) is 10.2. The maximum Gasteiger partial charge on any atom is 0.407 e. The van der Waals surface area contributed by atoms with Crippen LogP contribution in [0, 0.1) is 0 Å². The minimum Gasteiger partial charge on any atom is -0.465 e. The number of rotatable bonds is 1. The molecule has 4 heteroatoms. The fourth-order valence-electron chi connectivity index (χ4n) is 4.22. The van der Waals surface area contributed by atoms with E-state index in [2.05, 4.69) is 23.2 Å². The Balaban J connectivity index is 1.71. The number of fused-ring (bicyclic) bond motifs is 3. The van der Waals surface area contributed by atoms with Gasteiger partial charge in [-0.2, -0.15) is 0 Å². The topological polar surface area (TPSA) is 53.4 Å². The van der Waals surface area contributed by atoms with Crippen LogP contribution in [-0.4, -0.2) is 33.2 Å². The summed E-state index contributed by atoms with van der Waals surface area (Å²) in [6.45, 7) is 0. The molecule has 2 aromatic rings. The third kappa shape index (κ3) is 1.97. The molecule has 1 N–H and O–H groups in total. The molecule has 21 heavy (non-hydrogen) atoms. The number of piperidine rings is 1. The van der Waals surface area contributed by atoms with Gasteiger partial charge in [-0.05, 0) is 49.3 Å². The van der Waals surface area contributed by atoms with Crippen LogP contribution in [0.4, 0.5) is 4.79 Å². The summed E-state index contributed by atoms with van der Waals surface area (Å²) in [7, 11) is 0. The maximum atomic E-state index is 11.4. The van der Waals surface area contributed by atoms with Gasteiger partial charge in [0, 0.05) is 23.7 Å². The van der Waals surface area contributed by atoms with Crippen LogP contribution in [0.1, 0.15) is 37.2 Å². The zero-order valence-corrected chi connectivity index (χ0v) is 11.8. The SMILES string of the molecule is O=C(O)N1C2CCC1CC(c1ccnc3ccccc13)C2. The lowest BCUT2D eigenvalue weighted by molar-refractivity contribution is 0.0967. The molecule has 0 radical (unpaired) electrons. The third-order valence-corrected chi connectivity index (χ3v) is 5.08. The van der Waals surface area contributed by atoms with Gasteiger partial charge >= 0.3 is 6.09 Å². The second kappa shape index (κ2) is 4.72. The lowest BCUT2D eigenvalue weighted by Crippen LogP contribution is -2.45. The molecule has 1 amide bonds. The van der Waals surface area contributed by atoms with E-state index in [0.717, 1.165) is 31.2 Å². The molecule has 4 rings (SSSR count). The van der Waals surface area contributed by atoms with Gasteiger partial charge < -0.3 is 10.0 Å². The minimum absolute atomic E-state index is 0.193. The molecule has 2 atom stereocenters. The van der Waals surface area contributed by atoms with E-state index < -0.39 is 6.09 Å². The van der Waals surface area contributed by atoms with Crippen molar-refractivity contribution in [2.24, 2.45) is 0 Å². The average molecular weight is 282 g/mol. The standard InChI is InChI=1S/C17H18N2O2/c20-17(21)19-12-5-6-13(19)10-11(9-12)14-7-8-18-16-4-2-1-3-15(14)16/h1-4,7-8,11-13H,5-6,9-10H2,(H,20,21). The molecule has 108 valence electrons. The lowest BCUT2D eigenvalue weighted by Gasteiger charge is -2.37. The molecular weight excluding hydrogens is 264 g/mol. The summed E-state index contributed by atoms with van der Waals surface area (Å²) >= 11 is 0. The van der Waals surface area contributed by atoms with Gasteiger partial charge in [0.15, 0.2) is 0 Å². The van der Waals surface area contributed by atoms with Crippen LogP contribution in [0.25, 0.3) is 10.9 Å². The lowest BCUT2D eigenvalue weighted by atomic mass is 9.84. The number of nitrogens with zero attached hydrogens (tertiary/aromatic N) is 2. The Labute approximate surface area is 123 Å². The molecule has 2 saturated heterocycles. The van der Waals surface area contributed by atoms with E-state index in [1.807, 2.05) is 18.3 Å². The number of aromatic nitrogens is 1. The second-order valence-electron chi connectivity index (χ2n) is 6.16. The molecule has 0 saturated carbocycles. The van der Waals surface area contributed by atoms with Crippen LogP contribution in [0.3, 0.4) is 0 Å². The highest BCUT2D eigenvalue weighted by Crippen LogP contribution is 2.44. The highest BCUT2D eigenvalue weighted by molar-refractivity contribution is 5.82. The normalized spacial score (nSPS) is 28.0. The highest BCUT2D eigenvalue weighted by atomic mass is 16.4. The first-order valence-corrected chi connectivity index (χ1v) is 7.59. The summed E-state index contributed by atoms with van der Waals surface area (Å²) in [5.41, 5.74) is 2.37. The van der Waals surface area contributed by atoms with Crippen molar-refractivity contribution in [3.8, 4) is 0 Å². The Kier molecular flexibility index (Phi) is 2.84. The van der Waals surface area contributed by atoms with Gasteiger partial charge in [0.1, 0.15) is 0 Å². The van der Waals surface area contributed by atoms with Crippen LogP contribution in [0.5, 0.6) is 0 Å². The Bertz CT molecular complexity index is 681. The molecule has 4 nitrogen and oxygen atoms in total. The van der Waals surface area contributed by atoms with Crippen molar-refractivity contribution in [2.75, 3.05) is 0 Å². The molecule has 2 aliphatic heterocycles. The number of para-hydroxylation sites is 1. The number of carboxylic acid groups (broad SMARTS) is 1. The zero-order valence-electron chi connectivity index (χ0n) is 11.8. The van der Waals surface area contributed by atoms with Gasteiger partial charge in [-0.3, -0.25) is 4.98 Å². The Morgan fingerprint density at radius 2 is 1.86 bits per heavy atom. The van der Waals surface area contributed by atoms with Gasteiger partial charge in [-0.25, -0.2) is 4.79 Å². The van der Waals surface area contributed by atoms with E-state index in [4.69, 9.17) is 0 Å². The summed E-state index contributed by atoms with van der Waals surface area (Å²) in [6.07, 6.45) is 5.03. The van der Waals surface area contributed by atoms with Crippen LogP contribution in [0.2, 0.25) is 0 Å². The van der Waals surface area contributed by atoms with Crippen LogP contribution in [0.15, 0.2) is 36.5 Å². The number of benzene rings is 1. The summed E-state index contributed by atoms with van der Waals surface area (Å²) in [5.74, 6) is 0.450. The van der Waals surface area contributed by atoms with E-state index in [1.54, 1.807) is 4.90 Å². The van der Waals surface area contributed by atoms with E-state index in [-0.39, 0.29) is 12.1 Å². The first kappa shape index (κ1) is 12.6. The van der Waals surface area contributed by atoms with E-state index in [9.17, 15) is 9.90 Å². The van der Waals surface area contributed by atoms with Crippen LogP contribution < -0.4 is 0 Å². The van der Waals surface area contributed by atoms with Gasteiger partial charge in [0.2, 0.25) is 0 Å². The largest absolute Gasteiger partial charge is 0.465 e. The average Bonchev–Trinajstić information content (AvgIpc) is 2.78. The van der Waals surface area contributed by atoms with Gasteiger partial charge in [-0.1, -0.05) is 18.2 Å². The number of hydrogen-bond acceptors (Lipinski definition) is 2. The maximum absolute atomic E-state index is 11.4. The van der Waals surface area contributed by atoms with Crippen molar-refractivity contribution in [1.29, 1.82) is 0 Å². The number of carbonyl (C=O) groups is 1. The molecule has 0 aliphatic carbocycles. The van der Waals surface area contributed by atoms with Gasteiger partial charge in [0.25, 0.3) is 0 Å². The van der Waals surface area contributed by atoms with Crippen molar-refractivity contribution in [1.82, 2.24) is 9.88 Å². The minimum atomic E-state index is -0.750. The smallest absolute Gasteiger partial charge is 0.407 e.